The first-order chi connectivity index (χ1) is 7.90. The normalized spacial score (nSPS) is 26.6. The predicted molar refractivity (Wildman–Crippen MR) is 73.1 cm³/mol. The number of nitrogens with two attached hydrogens (primary N) is 1. The lowest BCUT2D eigenvalue weighted by atomic mass is 9.86. The SMILES string of the molecule is CCOC1CC(NCCC(N)CC(C)(C)C)C1. The van der Waals surface area contributed by atoms with Crippen molar-refractivity contribution >= 4 is 0 Å². The summed E-state index contributed by atoms with van der Waals surface area (Å²) in [6.45, 7) is 10.7. The van der Waals surface area contributed by atoms with Gasteiger partial charge < -0.3 is 15.8 Å². The zero-order valence-electron chi connectivity index (χ0n) is 12.0. The summed E-state index contributed by atoms with van der Waals surface area (Å²) in [5.41, 5.74) is 6.46. The van der Waals surface area contributed by atoms with E-state index in [1.807, 2.05) is 0 Å². The molecule has 3 N–H and O–H groups in total. The summed E-state index contributed by atoms with van der Waals surface area (Å²) in [5.74, 6) is 0. The van der Waals surface area contributed by atoms with E-state index in [0.29, 0.717) is 23.6 Å². The van der Waals surface area contributed by atoms with E-state index < -0.39 is 0 Å². The van der Waals surface area contributed by atoms with Crippen LogP contribution < -0.4 is 11.1 Å². The Hall–Kier alpha value is -0.120. The molecule has 102 valence electrons. The minimum absolute atomic E-state index is 0.324. The average Bonchev–Trinajstić information content (AvgIpc) is 2.10. The molecule has 0 aliphatic heterocycles. The first-order valence-corrected chi connectivity index (χ1v) is 7.01. The van der Waals surface area contributed by atoms with E-state index in [2.05, 4.69) is 33.0 Å². The predicted octanol–water partition coefficient (Wildman–Crippen LogP) is 2.30. The van der Waals surface area contributed by atoms with E-state index in [1.165, 1.54) is 12.8 Å². The van der Waals surface area contributed by atoms with Crippen LogP contribution in [0.15, 0.2) is 0 Å². The molecule has 1 unspecified atom stereocenters. The van der Waals surface area contributed by atoms with E-state index in [1.54, 1.807) is 0 Å². The molecule has 1 aliphatic carbocycles. The van der Waals surface area contributed by atoms with E-state index in [9.17, 15) is 0 Å². The van der Waals surface area contributed by atoms with Gasteiger partial charge in [0.2, 0.25) is 0 Å². The third kappa shape index (κ3) is 6.39. The highest BCUT2D eigenvalue weighted by atomic mass is 16.5. The fraction of sp³-hybridized carbons (Fsp3) is 1.00. The highest BCUT2D eigenvalue weighted by Crippen LogP contribution is 2.24. The van der Waals surface area contributed by atoms with Crippen LogP contribution in [0.25, 0.3) is 0 Å². The van der Waals surface area contributed by atoms with Crippen LogP contribution in [0.5, 0.6) is 0 Å². The maximum Gasteiger partial charge on any atom is 0.0604 e. The van der Waals surface area contributed by atoms with Crippen LogP contribution >= 0.6 is 0 Å². The van der Waals surface area contributed by atoms with Crippen molar-refractivity contribution in [2.45, 2.75) is 71.6 Å². The largest absolute Gasteiger partial charge is 0.378 e. The van der Waals surface area contributed by atoms with E-state index in [0.717, 1.165) is 26.0 Å². The smallest absolute Gasteiger partial charge is 0.0604 e. The zero-order valence-corrected chi connectivity index (χ0v) is 12.0. The number of ether oxygens (including phenoxy) is 1. The van der Waals surface area contributed by atoms with Crippen LogP contribution in [0, 0.1) is 5.41 Å². The summed E-state index contributed by atoms with van der Waals surface area (Å²) in [7, 11) is 0. The fourth-order valence-electron chi connectivity index (χ4n) is 2.47. The Morgan fingerprint density at radius 1 is 1.35 bits per heavy atom. The molecule has 1 fully saturated rings. The Bertz CT molecular complexity index is 207. The maximum absolute atomic E-state index is 6.12. The molecular weight excluding hydrogens is 212 g/mol. The van der Waals surface area contributed by atoms with Gasteiger partial charge in [-0.05, 0) is 44.6 Å². The molecule has 1 atom stereocenters. The van der Waals surface area contributed by atoms with Gasteiger partial charge in [-0.15, -0.1) is 0 Å². The molecule has 1 saturated carbocycles. The molecule has 0 aromatic carbocycles. The molecule has 0 heterocycles. The van der Waals surface area contributed by atoms with Gasteiger partial charge in [0.15, 0.2) is 0 Å². The molecule has 0 aromatic heterocycles. The second-order valence-corrected chi connectivity index (χ2v) is 6.51. The maximum atomic E-state index is 6.12. The van der Waals surface area contributed by atoms with Crippen LogP contribution in [0.2, 0.25) is 0 Å². The molecule has 0 radical (unpaired) electrons. The van der Waals surface area contributed by atoms with Crippen LogP contribution in [0.3, 0.4) is 0 Å². The first-order valence-electron chi connectivity index (χ1n) is 7.01. The van der Waals surface area contributed by atoms with Crippen molar-refractivity contribution in [2.24, 2.45) is 11.1 Å². The minimum Gasteiger partial charge on any atom is -0.378 e. The van der Waals surface area contributed by atoms with Gasteiger partial charge in [-0.1, -0.05) is 20.8 Å². The van der Waals surface area contributed by atoms with Gasteiger partial charge in [-0.2, -0.15) is 0 Å². The van der Waals surface area contributed by atoms with Gasteiger partial charge in [-0.3, -0.25) is 0 Å². The van der Waals surface area contributed by atoms with Gasteiger partial charge in [0, 0.05) is 18.7 Å². The van der Waals surface area contributed by atoms with Crippen LogP contribution in [-0.2, 0) is 4.74 Å². The average molecular weight is 242 g/mol. The molecule has 0 spiro atoms. The molecular formula is C14H30N2O. The van der Waals surface area contributed by atoms with Crippen molar-refractivity contribution in [3.8, 4) is 0 Å². The van der Waals surface area contributed by atoms with Crippen molar-refractivity contribution in [2.75, 3.05) is 13.2 Å². The second-order valence-electron chi connectivity index (χ2n) is 6.51. The summed E-state index contributed by atoms with van der Waals surface area (Å²) < 4.78 is 5.54. The van der Waals surface area contributed by atoms with E-state index in [-0.39, 0.29) is 0 Å². The topological polar surface area (TPSA) is 47.3 Å². The van der Waals surface area contributed by atoms with Crippen LogP contribution in [0.4, 0.5) is 0 Å². The molecule has 0 saturated heterocycles. The van der Waals surface area contributed by atoms with Crippen molar-refractivity contribution in [3.63, 3.8) is 0 Å². The number of rotatable bonds is 7. The van der Waals surface area contributed by atoms with Crippen molar-refractivity contribution in [1.82, 2.24) is 5.32 Å². The monoisotopic (exact) mass is 242 g/mol. The molecule has 17 heavy (non-hydrogen) atoms. The molecule has 3 heteroatoms. The van der Waals surface area contributed by atoms with Crippen LogP contribution in [-0.4, -0.2) is 31.3 Å². The summed E-state index contributed by atoms with van der Waals surface area (Å²) >= 11 is 0. The standard InChI is InChI=1S/C14H30N2O/c1-5-17-13-8-12(9-13)16-7-6-11(15)10-14(2,3)4/h11-13,16H,5-10,15H2,1-4H3. The lowest BCUT2D eigenvalue weighted by Gasteiger charge is -2.36. The highest BCUT2D eigenvalue weighted by molar-refractivity contribution is 4.86. The first kappa shape index (κ1) is 14.9. The Balaban J connectivity index is 1.98. The van der Waals surface area contributed by atoms with Gasteiger partial charge >= 0.3 is 0 Å². The number of nitrogens with one attached hydrogen (secondary N) is 1. The molecule has 1 aliphatic rings. The van der Waals surface area contributed by atoms with Gasteiger partial charge in [-0.25, -0.2) is 0 Å². The number of hydrogen-bond acceptors (Lipinski definition) is 3. The molecule has 3 nitrogen and oxygen atoms in total. The summed E-state index contributed by atoms with van der Waals surface area (Å²) in [6, 6.07) is 0.985. The summed E-state index contributed by atoms with van der Waals surface area (Å²) in [4.78, 5) is 0. The summed E-state index contributed by atoms with van der Waals surface area (Å²) in [6.07, 6.45) is 5.01. The third-order valence-electron chi connectivity index (χ3n) is 3.32. The third-order valence-corrected chi connectivity index (χ3v) is 3.32. The van der Waals surface area contributed by atoms with Gasteiger partial charge in [0.1, 0.15) is 0 Å². The van der Waals surface area contributed by atoms with Crippen molar-refractivity contribution in [3.05, 3.63) is 0 Å². The molecule has 0 aromatic rings. The lowest BCUT2D eigenvalue weighted by Crippen LogP contribution is -2.46. The van der Waals surface area contributed by atoms with Gasteiger partial charge in [0.25, 0.3) is 0 Å². The Labute approximate surface area is 106 Å². The molecule has 0 amide bonds. The fourth-order valence-corrected chi connectivity index (χ4v) is 2.47. The zero-order chi connectivity index (χ0) is 12.9. The quantitative estimate of drug-likeness (QED) is 0.720. The lowest BCUT2D eigenvalue weighted by molar-refractivity contribution is -0.00984. The van der Waals surface area contributed by atoms with E-state index in [4.69, 9.17) is 10.5 Å². The highest BCUT2D eigenvalue weighted by Gasteiger charge is 2.28. The minimum atomic E-state index is 0.324. The van der Waals surface area contributed by atoms with Crippen molar-refractivity contribution < 1.29 is 4.74 Å². The Morgan fingerprint density at radius 2 is 2.00 bits per heavy atom. The Kier molecular flexibility index (Phi) is 5.90. The van der Waals surface area contributed by atoms with Crippen molar-refractivity contribution in [1.29, 1.82) is 0 Å². The molecule has 0 bridgehead atoms. The Morgan fingerprint density at radius 3 is 2.53 bits per heavy atom. The number of hydrogen-bond donors (Lipinski definition) is 2. The van der Waals surface area contributed by atoms with Crippen LogP contribution in [0.1, 0.15) is 53.4 Å². The van der Waals surface area contributed by atoms with Gasteiger partial charge in [0.05, 0.1) is 6.10 Å². The summed E-state index contributed by atoms with van der Waals surface area (Å²) in [5, 5.41) is 3.56. The molecule has 1 rings (SSSR count). The second kappa shape index (κ2) is 6.72. The van der Waals surface area contributed by atoms with E-state index >= 15 is 0 Å².